The Morgan fingerprint density at radius 1 is 1.07 bits per heavy atom. The van der Waals surface area contributed by atoms with E-state index in [-0.39, 0.29) is 18.4 Å². The summed E-state index contributed by atoms with van der Waals surface area (Å²) in [6, 6.07) is 16.9. The van der Waals surface area contributed by atoms with Crippen LogP contribution in [0.3, 0.4) is 0 Å². The Kier molecular flexibility index (Phi) is 6.12. The maximum absolute atomic E-state index is 12.7. The monoisotopic (exact) mass is 390 g/mol. The van der Waals surface area contributed by atoms with Gasteiger partial charge in [0.15, 0.2) is 0 Å². The molecule has 0 spiro atoms. The van der Waals surface area contributed by atoms with Gasteiger partial charge in [0.2, 0.25) is 5.91 Å². The third-order valence-corrected chi connectivity index (χ3v) is 4.77. The Morgan fingerprint density at radius 2 is 1.76 bits per heavy atom. The van der Waals surface area contributed by atoms with E-state index in [1.54, 1.807) is 19.2 Å². The molecule has 150 valence electrons. The molecule has 0 aliphatic heterocycles. The molecule has 2 amide bonds. The topological polar surface area (TPSA) is 67.2 Å². The van der Waals surface area contributed by atoms with Crippen LogP contribution in [-0.2, 0) is 11.2 Å². The standard InChI is InChI=1S/C23H26N4O2/c1-5-18-8-6-7-9-21(18)24-22(28)15-26(4)23(29)19-10-12-20(13-11-19)27-17(3)14-16(2)25-27/h6-14H,5,15H2,1-4H3,(H,24,28). The number of aromatic nitrogens is 2. The van der Waals surface area contributed by atoms with E-state index >= 15 is 0 Å². The highest BCUT2D eigenvalue weighted by Crippen LogP contribution is 2.16. The van der Waals surface area contributed by atoms with Crippen LogP contribution in [0.5, 0.6) is 0 Å². The van der Waals surface area contributed by atoms with Crippen molar-refractivity contribution in [2.45, 2.75) is 27.2 Å². The number of aryl methyl sites for hydroxylation is 3. The van der Waals surface area contributed by atoms with Crippen LogP contribution >= 0.6 is 0 Å². The first-order valence-electron chi connectivity index (χ1n) is 9.66. The number of carbonyl (C=O) groups is 2. The number of hydrogen-bond acceptors (Lipinski definition) is 3. The van der Waals surface area contributed by atoms with Crippen molar-refractivity contribution in [3.8, 4) is 5.69 Å². The Labute approximate surface area is 171 Å². The summed E-state index contributed by atoms with van der Waals surface area (Å²) < 4.78 is 1.84. The lowest BCUT2D eigenvalue weighted by Gasteiger charge is -2.18. The van der Waals surface area contributed by atoms with Crippen molar-refractivity contribution in [3.05, 3.63) is 77.1 Å². The number of hydrogen-bond donors (Lipinski definition) is 1. The van der Waals surface area contributed by atoms with Crippen molar-refractivity contribution < 1.29 is 9.59 Å². The summed E-state index contributed by atoms with van der Waals surface area (Å²) >= 11 is 0. The molecule has 0 aliphatic carbocycles. The van der Waals surface area contributed by atoms with E-state index < -0.39 is 0 Å². The molecule has 0 aliphatic rings. The molecule has 0 bridgehead atoms. The van der Waals surface area contributed by atoms with Gasteiger partial charge in [0, 0.05) is 24.0 Å². The van der Waals surface area contributed by atoms with Crippen molar-refractivity contribution in [1.29, 1.82) is 0 Å². The predicted molar refractivity (Wildman–Crippen MR) is 114 cm³/mol. The SMILES string of the molecule is CCc1ccccc1NC(=O)CN(C)C(=O)c1ccc(-n2nc(C)cc2C)cc1. The highest BCUT2D eigenvalue weighted by atomic mass is 16.2. The number of carbonyl (C=O) groups excluding carboxylic acids is 2. The fourth-order valence-electron chi connectivity index (χ4n) is 3.28. The van der Waals surface area contributed by atoms with Gasteiger partial charge in [0.25, 0.3) is 5.91 Å². The molecule has 0 radical (unpaired) electrons. The van der Waals surface area contributed by atoms with Crippen LogP contribution in [0.1, 0.15) is 34.2 Å². The van der Waals surface area contributed by atoms with Crippen LogP contribution in [0, 0.1) is 13.8 Å². The maximum atomic E-state index is 12.7. The average Bonchev–Trinajstić information content (AvgIpc) is 3.05. The molecule has 6 heteroatoms. The molecule has 0 fully saturated rings. The second-order valence-corrected chi connectivity index (χ2v) is 7.11. The Morgan fingerprint density at radius 3 is 2.38 bits per heavy atom. The summed E-state index contributed by atoms with van der Waals surface area (Å²) in [5.41, 5.74) is 5.24. The Balaban J connectivity index is 1.65. The summed E-state index contributed by atoms with van der Waals surface area (Å²) in [7, 11) is 1.63. The number of anilines is 1. The lowest BCUT2D eigenvalue weighted by molar-refractivity contribution is -0.116. The minimum absolute atomic E-state index is 0.0178. The van der Waals surface area contributed by atoms with Gasteiger partial charge in [0.05, 0.1) is 17.9 Å². The molecule has 29 heavy (non-hydrogen) atoms. The van der Waals surface area contributed by atoms with Gasteiger partial charge in [-0.05, 0) is 62.2 Å². The van der Waals surface area contributed by atoms with E-state index in [0.717, 1.165) is 34.7 Å². The minimum atomic E-state index is -0.221. The average molecular weight is 390 g/mol. The van der Waals surface area contributed by atoms with Crippen LogP contribution in [0.4, 0.5) is 5.69 Å². The van der Waals surface area contributed by atoms with Gasteiger partial charge >= 0.3 is 0 Å². The molecule has 1 heterocycles. The number of nitrogens with zero attached hydrogens (tertiary/aromatic N) is 3. The Hall–Kier alpha value is -3.41. The summed E-state index contributed by atoms with van der Waals surface area (Å²) in [5, 5.41) is 7.35. The zero-order valence-corrected chi connectivity index (χ0v) is 17.3. The zero-order valence-electron chi connectivity index (χ0n) is 17.3. The second kappa shape index (κ2) is 8.73. The lowest BCUT2D eigenvalue weighted by atomic mass is 10.1. The summed E-state index contributed by atoms with van der Waals surface area (Å²) in [6.07, 6.45) is 0.826. The molecular formula is C23H26N4O2. The number of likely N-dealkylation sites (N-methyl/N-ethyl adjacent to an activating group) is 1. The quantitative estimate of drug-likeness (QED) is 0.697. The van der Waals surface area contributed by atoms with E-state index in [9.17, 15) is 9.59 Å². The van der Waals surface area contributed by atoms with Gasteiger partial charge in [-0.3, -0.25) is 9.59 Å². The molecule has 0 unspecified atom stereocenters. The second-order valence-electron chi connectivity index (χ2n) is 7.11. The fraction of sp³-hybridized carbons (Fsp3) is 0.261. The van der Waals surface area contributed by atoms with Crippen LogP contribution in [0.25, 0.3) is 5.69 Å². The van der Waals surface area contributed by atoms with E-state index in [4.69, 9.17) is 0 Å². The largest absolute Gasteiger partial charge is 0.332 e. The number of rotatable bonds is 6. The first-order chi connectivity index (χ1) is 13.9. The normalized spacial score (nSPS) is 10.6. The smallest absolute Gasteiger partial charge is 0.254 e. The number of amides is 2. The summed E-state index contributed by atoms with van der Waals surface area (Å²) in [5.74, 6) is -0.426. The molecule has 0 atom stereocenters. The number of para-hydroxylation sites is 1. The fourth-order valence-corrected chi connectivity index (χ4v) is 3.28. The van der Waals surface area contributed by atoms with Crippen molar-refractivity contribution in [1.82, 2.24) is 14.7 Å². The maximum Gasteiger partial charge on any atom is 0.254 e. The van der Waals surface area contributed by atoms with E-state index in [2.05, 4.69) is 10.4 Å². The molecule has 6 nitrogen and oxygen atoms in total. The number of nitrogens with one attached hydrogen (secondary N) is 1. The molecule has 3 aromatic rings. The number of benzene rings is 2. The van der Waals surface area contributed by atoms with E-state index in [1.165, 1.54) is 4.90 Å². The molecule has 3 rings (SSSR count). The van der Waals surface area contributed by atoms with Crippen molar-refractivity contribution in [2.24, 2.45) is 0 Å². The first kappa shape index (κ1) is 20.3. The molecule has 2 aromatic carbocycles. The lowest BCUT2D eigenvalue weighted by Crippen LogP contribution is -2.35. The van der Waals surface area contributed by atoms with Crippen LogP contribution in [0.15, 0.2) is 54.6 Å². The highest BCUT2D eigenvalue weighted by Gasteiger charge is 2.16. The summed E-state index contributed by atoms with van der Waals surface area (Å²) in [4.78, 5) is 26.5. The molecule has 1 aromatic heterocycles. The van der Waals surface area contributed by atoms with Crippen molar-refractivity contribution in [2.75, 3.05) is 18.9 Å². The first-order valence-corrected chi connectivity index (χ1v) is 9.66. The molecular weight excluding hydrogens is 364 g/mol. The van der Waals surface area contributed by atoms with E-state index in [0.29, 0.717) is 5.56 Å². The van der Waals surface area contributed by atoms with Gasteiger partial charge < -0.3 is 10.2 Å². The van der Waals surface area contributed by atoms with Gasteiger partial charge in [-0.25, -0.2) is 4.68 Å². The highest BCUT2D eigenvalue weighted by molar-refractivity contribution is 5.99. The van der Waals surface area contributed by atoms with Crippen LogP contribution in [0.2, 0.25) is 0 Å². The summed E-state index contributed by atoms with van der Waals surface area (Å²) in [6.45, 7) is 5.95. The third kappa shape index (κ3) is 4.71. The molecule has 0 saturated carbocycles. The molecule has 1 N–H and O–H groups in total. The van der Waals surface area contributed by atoms with Crippen molar-refractivity contribution >= 4 is 17.5 Å². The Bertz CT molecular complexity index is 1020. The van der Waals surface area contributed by atoms with Crippen LogP contribution < -0.4 is 5.32 Å². The van der Waals surface area contributed by atoms with Gasteiger partial charge in [0.1, 0.15) is 0 Å². The van der Waals surface area contributed by atoms with Crippen LogP contribution in [-0.4, -0.2) is 40.1 Å². The molecule has 0 saturated heterocycles. The van der Waals surface area contributed by atoms with E-state index in [1.807, 2.05) is 67.9 Å². The zero-order chi connectivity index (χ0) is 21.0. The minimum Gasteiger partial charge on any atom is -0.332 e. The van der Waals surface area contributed by atoms with Gasteiger partial charge in [-0.15, -0.1) is 0 Å². The third-order valence-electron chi connectivity index (χ3n) is 4.77. The van der Waals surface area contributed by atoms with Gasteiger partial charge in [-0.1, -0.05) is 25.1 Å². The van der Waals surface area contributed by atoms with Crippen molar-refractivity contribution in [3.63, 3.8) is 0 Å². The van der Waals surface area contributed by atoms with Gasteiger partial charge in [-0.2, -0.15) is 5.10 Å². The predicted octanol–water partition coefficient (Wildman–Crippen LogP) is 3.76.